The highest BCUT2D eigenvalue weighted by Crippen LogP contribution is 2.24. The molecule has 0 radical (unpaired) electrons. The van der Waals surface area contributed by atoms with E-state index in [1.54, 1.807) is 27.7 Å². The number of thioether (sulfide) groups is 1. The predicted octanol–water partition coefficient (Wildman–Crippen LogP) is 4.60. The van der Waals surface area contributed by atoms with Crippen LogP contribution in [0.25, 0.3) is 0 Å². The van der Waals surface area contributed by atoms with Crippen molar-refractivity contribution in [3.8, 4) is 0 Å². The molecule has 6 heteroatoms. The molecule has 0 atom stereocenters. The van der Waals surface area contributed by atoms with Gasteiger partial charge in [0, 0.05) is 0 Å². The van der Waals surface area contributed by atoms with Crippen molar-refractivity contribution in [2.24, 2.45) is 10.8 Å². The molecule has 0 aromatic heterocycles. The van der Waals surface area contributed by atoms with Crippen LogP contribution < -0.4 is 0 Å². The van der Waals surface area contributed by atoms with Crippen molar-refractivity contribution in [1.29, 1.82) is 0 Å². The summed E-state index contributed by atoms with van der Waals surface area (Å²) >= 11 is 1.86. The van der Waals surface area contributed by atoms with E-state index in [9.17, 15) is 19.8 Å². The van der Waals surface area contributed by atoms with E-state index in [0.29, 0.717) is 12.8 Å². The second-order valence-electron chi connectivity index (χ2n) is 8.48. The third-order valence-electron chi connectivity index (χ3n) is 5.03. The van der Waals surface area contributed by atoms with E-state index in [4.69, 9.17) is 0 Å². The highest BCUT2D eigenvalue weighted by atomic mass is 32.2. The van der Waals surface area contributed by atoms with Gasteiger partial charge in [-0.15, -0.1) is 0 Å². The van der Waals surface area contributed by atoms with Crippen molar-refractivity contribution >= 4 is 23.7 Å². The largest absolute Gasteiger partial charge is 0.481 e. The van der Waals surface area contributed by atoms with Crippen LogP contribution >= 0.6 is 11.8 Å². The standard InChI is InChI=1S/C20H39NO4S/c1-19(2,17(22)23)11-6-8-13-21(15-10-16-26-5)14-9-7-12-20(3,4)18(24)25/h6-16H2,1-5H3,(H,22,23)(H,24,25). The van der Waals surface area contributed by atoms with Crippen molar-refractivity contribution in [1.82, 2.24) is 4.90 Å². The van der Waals surface area contributed by atoms with E-state index in [1.165, 1.54) is 0 Å². The summed E-state index contributed by atoms with van der Waals surface area (Å²) < 4.78 is 0. The number of unbranched alkanes of at least 4 members (excludes halogenated alkanes) is 2. The molecular weight excluding hydrogens is 350 g/mol. The summed E-state index contributed by atoms with van der Waals surface area (Å²) in [4.78, 5) is 24.8. The molecule has 0 aromatic rings. The number of hydrogen-bond donors (Lipinski definition) is 2. The van der Waals surface area contributed by atoms with Gasteiger partial charge < -0.3 is 15.1 Å². The van der Waals surface area contributed by atoms with Gasteiger partial charge in [-0.05, 0) is 91.4 Å². The first-order chi connectivity index (χ1) is 12.0. The van der Waals surface area contributed by atoms with Crippen LogP contribution in [-0.2, 0) is 9.59 Å². The molecule has 0 amide bonds. The second-order valence-corrected chi connectivity index (χ2v) is 9.47. The third kappa shape index (κ3) is 11.1. The quantitative estimate of drug-likeness (QED) is 0.376. The SMILES string of the molecule is CSCCCN(CCCCC(C)(C)C(=O)O)CCCCC(C)(C)C(=O)O. The summed E-state index contributed by atoms with van der Waals surface area (Å²) in [6.45, 7) is 10.2. The van der Waals surface area contributed by atoms with Crippen LogP contribution in [0, 0.1) is 10.8 Å². The number of aliphatic carboxylic acids is 2. The van der Waals surface area contributed by atoms with E-state index in [1.807, 2.05) is 11.8 Å². The summed E-state index contributed by atoms with van der Waals surface area (Å²) in [6.07, 6.45) is 8.54. The first-order valence-corrected chi connectivity index (χ1v) is 11.1. The van der Waals surface area contributed by atoms with Gasteiger partial charge in [0.1, 0.15) is 0 Å². The Hall–Kier alpha value is -0.750. The van der Waals surface area contributed by atoms with Gasteiger partial charge in [0.25, 0.3) is 0 Å². The molecule has 0 bridgehead atoms. The maximum atomic E-state index is 11.2. The molecule has 0 unspecified atom stereocenters. The van der Waals surface area contributed by atoms with E-state index in [-0.39, 0.29) is 0 Å². The van der Waals surface area contributed by atoms with Crippen LogP contribution in [0.15, 0.2) is 0 Å². The number of hydrogen-bond acceptors (Lipinski definition) is 4. The lowest BCUT2D eigenvalue weighted by Crippen LogP contribution is -2.29. The van der Waals surface area contributed by atoms with Gasteiger partial charge in [-0.2, -0.15) is 11.8 Å². The molecule has 0 fully saturated rings. The van der Waals surface area contributed by atoms with Crippen LogP contribution in [-0.4, -0.2) is 58.7 Å². The second kappa shape index (κ2) is 12.6. The number of rotatable bonds is 16. The first-order valence-electron chi connectivity index (χ1n) is 9.71. The summed E-state index contributed by atoms with van der Waals surface area (Å²) in [5.41, 5.74) is -1.29. The van der Waals surface area contributed by atoms with Crippen molar-refractivity contribution in [2.45, 2.75) is 72.6 Å². The van der Waals surface area contributed by atoms with Gasteiger partial charge in [0.2, 0.25) is 0 Å². The summed E-state index contributed by atoms with van der Waals surface area (Å²) in [6, 6.07) is 0. The molecule has 154 valence electrons. The Morgan fingerprint density at radius 2 is 1.15 bits per heavy atom. The number of carbonyl (C=O) groups is 2. The van der Waals surface area contributed by atoms with Gasteiger partial charge in [0.15, 0.2) is 0 Å². The minimum Gasteiger partial charge on any atom is -0.481 e. The summed E-state index contributed by atoms with van der Waals surface area (Å²) in [5.74, 6) is -0.306. The average molecular weight is 390 g/mol. The topological polar surface area (TPSA) is 77.8 Å². The average Bonchev–Trinajstić information content (AvgIpc) is 2.54. The fourth-order valence-electron chi connectivity index (χ4n) is 2.79. The zero-order chi connectivity index (χ0) is 20.2. The van der Waals surface area contributed by atoms with Gasteiger partial charge in [0.05, 0.1) is 10.8 Å². The molecule has 0 aliphatic heterocycles. The van der Waals surface area contributed by atoms with E-state index >= 15 is 0 Å². The smallest absolute Gasteiger partial charge is 0.309 e. The Bertz CT molecular complexity index is 390. The molecule has 0 saturated carbocycles. The highest BCUT2D eigenvalue weighted by molar-refractivity contribution is 7.98. The van der Waals surface area contributed by atoms with Gasteiger partial charge in [-0.3, -0.25) is 9.59 Å². The number of nitrogens with zero attached hydrogens (tertiary/aromatic N) is 1. The van der Waals surface area contributed by atoms with Crippen molar-refractivity contribution in [3.63, 3.8) is 0 Å². The molecule has 0 spiro atoms. The monoisotopic (exact) mass is 389 g/mol. The lowest BCUT2D eigenvalue weighted by Gasteiger charge is -2.24. The maximum absolute atomic E-state index is 11.2. The molecule has 0 aromatic carbocycles. The fraction of sp³-hybridized carbons (Fsp3) is 0.900. The van der Waals surface area contributed by atoms with Crippen molar-refractivity contribution in [3.05, 3.63) is 0 Å². The molecule has 26 heavy (non-hydrogen) atoms. The third-order valence-corrected chi connectivity index (χ3v) is 5.73. The lowest BCUT2D eigenvalue weighted by molar-refractivity contribution is -0.148. The fourth-order valence-corrected chi connectivity index (χ4v) is 3.20. The Kier molecular flexibility index (Phi) is 12.2. The van der Waals surface area contributed by atoms with Crippen molar-refractivity contribution in [2.75, 3.05) is 31.6 Å². The molecule has 0 rings (SSSR count). The minimum absolute atomic E-state index is 0.647. The molecular formula is C20H39NO4S. The van der Waals surface area contributed by atoms with Gasteiger partial charge in [-0.25, -0.2) is 0 Å². The van der Waals surface area contributed by atoms with Crippen LogP contribution in [0.2, 0.25) is 0 Å². The molecule has 0 heterocycles. The predicted molar refractivity (Wildman–Crippen MR) is 110 cm³/mol. The molecule has 2 N–H and O–H groups in total. The van der Waals surface area contributed by atoms with Crippen molar-refractivity contribution < 1.29 is 19.8 Å². The molecule has 5 nitrogen and oxygen atoms in total. The first kappa shape index (κ1) is 25.2. The van der Waals surface area contributed by atoms with Gasteiger partial charge in [-0.1, -0.05) is 12.8 Å². The van der Waals surface area contributed by atoms with Crippen LogP contribution in [0.5, 0.6) is 0 Å². The van der Waals surface area contributed by atoms with Crippen LogP contribution in [0.1, 0.15) is 72.6 Å². The molecule has 0 aliphatic carbocycles. The maximum Gasteiger partial charge on any atom is 0.309 e. The molecule has 0 aliphatic rings. The normalized spacial score (nSPS) is 12.5. The minimum atomic E-state index is -0.727. The zero-order valence-electron chi connectivity index (χ0n) is 17.3. The Balaban J connectivity index is 4.23. The van der Waals surface area contributed by atoms with Crippen LogP contribution in [0.4, 0.5) is 0 Å². The molecule has 0 saturated heterocycles. The van der Waals surface area contributed by atoms with Gasteiger partial charge >= 0.3 is 11.9 Å². The van der Waals surface area contributed by atoms with Crippen LogP contribution in [0.3, 0.4) is 0 Å². The lowest BCUT2D eigenvalue weighted by atomic mass is 9.87. The highest BCUT2D eigenvalue weighted by Gasteiger charge is 2.27. The van der Waals surface area contributed by atoms with E-state index in [2.05, 4.69) is 11.2 Å². The Morgan fingerprint density at radius 1 is 0.769 bits per heavy atom. The number of carboxylic acids is 2. The Morgan fingerprint density at radius 3 is 1.50 bits per heavy atom. The Labute approximate surface area is 163 Å². The summed E-state index contributed by atoms with van der Waals surface area (Å²) in [7, 11) is 0. The number of carboxylic acid groups (broad SMARTS) is 2. The zero-order valence-corrected chi connectivity index (χ0v) is 18.2. The van der Waals surface area contributed by atoms with E-state index < -0.39 is 22.8 Å². The van der Waals surface area contributed by atoms with E-state index in [0.717, 1.165) is 57.5 Å². The summed E-state index contributed by atoms with van der Waals surface area (Å²) in [5, 5.41) is 18.4.